The van der Waals surface area contributed by atoms with Gasteiger partial charge in [-0.15, -0.1) is 0 Å². The molecule has 2 aliphatic heterocycles. The molecule has 0 saturated carbocycles. The van der Waals surface area contributed by atoms with Crippen LogP contribution in [0.2, 0.25) is 0 Å². The van der Waals surface area contributed by atoms with Crippen molar-refractivity contribution in [3.63, 3.8) is 0 Å². The molecular weight excluding hydrogens is 326 g/mol. The zero-order chi connectivity index (χ0) is 17.9. The van der Waals surface area contributed by atoms with Gasteiger partial charge in [0.05, 0.1) is 19.3 Å². The summed E-state index contributed by atoms with van der Waals surface area (Å²) >= 11 is 0. The van der Waals surface area contributed by atoms with Crippen molar-refractivity contribution in [1.29, 1.82) is 0 Å². The van der Waals surface area contributed by atoms with Gasteiger partial charge in [0.2, 0.25) is 5.91 Å². The lowest BCUT2D eigenvalue weighted by molar-refractivity contribution is -0.141. The fraction of sp³-hybridized carbons (Fsp3) is 0.667. The normalized spacial score (nSPS) is 23.8. The Hall–Kier alpha value is -1.43. The first-order chi connectivity index (χ1) is 12.8. The largest absolute Gasteiger partial charge is 0.379 e. The summed E-state index contributed by atoms with van der Waals surface area (Å²) in [6.45, 7) is 9.13. The molecule has 3 aliphatic rings. The van der Waals surface area contributed by atoms with E-state index in [0.29, 0.717) is 11.9 Å². The molecule has 0 spiro atoms. The van der Waals surface area contributed by atoms with Crippen LogP contribution in [0.3, 0.4) is 0 Å². The second kappa shape index (κ2) is 8.07. The van der Waals surface area contributed by atoms with E-state index < -0.39 is 0 Å². The van der Waals surface area contributed by atoms with Crippen molar-refractivity contribution < 1.29 is 9.53 Å². The van der Waals surface area contributed by atoms with Crippen LogP contribution in [0, 0.1) is 0 Å². The van der Waals surface area contributed by atoms with Crippen molar-refractivity contribution >= 4 is 5.91 Å². The van der Waals surface area contributed by atoms with Gasteiger partial charge in [-0.3, -0.25) is 14.6 Å². The lowest BCUT2D eigenvalue weighted by Crippen LogP contribution is -2.57. The van der Waals surface area contributed by atoms with Crippen molar-refractivity contribution in [3.8, 4) is 0 Å². The Kier molecular flexibility index (Phi) is 5.57. The van der Waals surface area contributed by atoms with Gasteiger partial charge >= 0.3 is 0 Å². The monoisotopic (exact) mass is 357 g/mol. The fourth-order valence-electron chi connectivity index (χ4n) is 4.79. The minimum atomic E-state index is 0.0289. The first-order valence-corrected chi connectivity index (χ1v) is 10.2. The Balaban J connectivity index is 1.31. The number of amides is 1. The van der Waals surface area contributed by atoms with Crippen LogP contribution in [-0.2, 0) is 22.4 Å². The number of morpholine rings is 1. The van der Waals surface area contributed by atoms with Gasteiger partial charge in [0.15, 0.2) is 0 Å². The molecule has 5 heteroatoms. The van der Waals surface area contributed by atoms with Crippen LogP contribution in [0.4, 0.5) is 0 Å². The highest BCUT2D eigenvalue weighted by atomic mass is 16.5. The predicted molar refractivity (Wildman–Crippen MR) is 102 cm³/mol. The minimum absolute atomic E-state index is 0.0289. The van der Waals surface area contributed by atoms with Gasteiger partial charge in [0, 0.05) is 45.3 Å². The number of fused-ring (bicyclic) bond motifs is 1. The van der Waals surface area contributed by atoms with E-state index in [4.69, 9.17) is 4.74 Å². The Morgan fingerprint density at radius 2 is 1.65 bits per heavy atom. The highest BCUT2D eigenvalue weighted by Gasteiger charge is 2.34. The van der Waals surface area contributed by atoms with E-state index in [0.717, 1.165) is 71.7 Å². The first kappa shape index (κ1) is 18.0. The average Bonchev–Trinajstić information content (AvgIpc) is 3.14. The van der Waals surface area contributed by atoms with Crippen LogP contribution in [0.25, 0.3) is 0 Å². The van der Waals surface area contributed by atoms with E-state index in [9.17, 15) is 4.79 Å². The van der Waals surface area contributed by atoms with Gasteiger partial charge in [0.25, 0.3) is 0 Å². The van der Waals surface area contributed by atoms with Crippen LogP contribution in [-0.4, -0.2) is 85.2 Å². The third-order valence-electron chi connectivity index (χ3n) is 6.33. The maximum Gasteiger partial charge on any atom is 0.240 e. The molecule has 5 nitrogen and oxygen atoms in total. The molecule has 4 rings (SSSR count). The van der Waals surface area contributed by atoms with Crippen molar-refractivity contribution in [2.75, 3.05) is 52.5 Å². The Morgan fingerprint density at radius 3 is 2.23 bits per heavy atom. The molecule has 2 heterocycles. The van der Waals surface area contributed by atoms with Gasteiger partial charge in [-0.1, -0.05) is 31.2 Å². The van der Waals surface area contributed by atoms with Crippen LogP contribution in [0.15, 0.2) is 24.3 Å². The van der Waals surface area contributed by atoms with E-state index in [1.54, 1.807) is 0 Å². The molecule has 142 valence electrons. The maximum absolute atomic E-state index is 13.1. The summed E-state index contributed by atoms with van der Waals surface area (Å²) in [6.07, 6.45) is 3.21. The number of benzene rings is 1. The summed E-state index contributed by atoms with van der Waals surface area (Å²) in [5.41, 5.74) is 3.02. The lowest BCUT2D eigenvalue weighted by Gasteiger charge is -2.41. The van der Waals surface area contributed by atoms with Gasteiger partial charge in [0.1, 0.15) is 0 Å². The van der Waals surface area contributed by atoms with Crippen molar-refractivity contribution in [2.24, 2.45) is 0 Å². The molecule has 1 amide bonds. The van der Waals surface area contributed by atoms with Crippen LogP contribution >= 0.6 is 0 Å². The standard InChI is InChI=1S/C21H31N3O2/c1-2-20(23-11-13-26-14-12-23)21(25)24-9-7-22(8-10-24)19-15-17-5-3-4-6-18(17)16-19/h3-6,19-20H,2,7-16H2,1H3. The van der Waals surface area contributed by atoms with Crippen LogP contribution < -0.4 is 0 Å². The van der Waals surface area contributed by atoms with E-state index in [1.807, 2.05) is 0 Å². The molecule has 0 aromatic heterocycles. The summed E-state index contributed by atoms with van der Waals surface area (Å²) in [5, 5.41) is 0. The average molecular weight is 357 g/mol. The number of ether oxygens (including phenoxy) is 1. The molecule has 2 saturated heterocycles. The summed E-state index contributed by atoms with van der Waals surface area (Å²) in [7, 11) is 0. The van der Waals surface area contributed by atoms with Gasteiger partial charge in [-0.2, -0.15) is 0 Å². The lowest BCUT2D eigenvalue weighted by atomic mass is 10.1. The molecule has 0 bridgehead atoms. The Morgan fingerprint density at radius 1 is 1.04 bits per heavy atom. The maximum atomic E-state index is 13.1. The van der Waals surface area contributed by atoms with Gasteiger partial charge in [-0.05, 0) is 30.4 Å². The Bertz CT molecular complexity index is 596. The number of hydrogen-bond acceptors (Lipinski definition) is 4. The van der Waals surface area contributed by atoms with Gasteiger partial charge < -0.3 is 9.64 Å². The zero-order valence-electron chi connectivity index (χ0n) is 15.9. The molecule has 1 aromatic carbocycles. The molecular formula is C21H31N3O2. The number of nitrogens with zero attached hydrogens (tertiary/aromatic N) is 3. The fourth-order valence-corrected chi connectivity index (χ4v) is 4.79. The third-order valence-corrected chi connectivity index (χ3v) is 6.33. The number of hydrogen-bond donors (Lipinski definition) is 0. The molecule has 1 aliphatic carbocycles. The number of piperazine rings is 1. The molecule has 1 unspecified atom stereocenters. The third kappa shape index (κ3) is 3.66. The topological polar surface area (TPSA) is 36.0 Å². The molecule has 1 atom stereocenters. The number of carbonyl (C=O) groups excluding carboxylic acids is 1. The summed E-state index contributed by atoms with van der Waals surface area (Å²) in [4.78, 5) is 20.1. The second-order valence-corrected chi connectivity index (χ2v) is 7.76. The van der Waals surface area contributed by atoms with Crippen molar-refractivity contribution in [1.82, 2.24) is 14.7 Å². The summed E-state index contributed by atoms with van der Waals surface area (Å²) in [6, 6.07) is 9.47. The van der Waals surface area contributed by atoms with Crippen molar-refractivity contribution in [3.05, 3.63) is 35.4 Å². The number of carbonyl (C=O) groups is 1. The molecule has 1 aromatic rings. The van der Waals surface area contributed by atoms with Crippen LogP contribution in [0.1, 0.15) is 24.5 Å². The molecule has 2 fully saturated rings. The SMILES string of the molecule is CCC(C(=O)N1CCN(C2Cc3ccccc3C2)CC1)N1CCOCC1. The molecule has 0 N–H and O–H groups in total. The number of rotatable bonds is 4. The molecule has 26 heavy (non-hydrogen) atoms. The van der Waals surface area contributed by atoms with E-state index in [1.165, 1.54) is 11.1 Å². The second-order valence-electron chi connectivity index (χ2n) is 7.76. The van der Waals surface area contributed by atoms with Crippen LogP contribution in [0.5, 0.6) is 0 Å². The predicted octanol–water partition coefficient (Wildman–Crippen LogP) is 1.41. The van der Waals surface area contributed by atoms with E-state index in [-0.39, 0.29) is 6.04 Å². The first-order valence-electron chi connectivity index (χ1n) is 10.2. The Labute approximate surface area is 156 Å². The highest BCUT2D eigenvalue weighted by molar-refractivity contribution is 5.82. The summed E-state index contributed by atoms with van der Waals surface area (Å²) < 4.78 is 5.44. The minimum Gasteiger partial charge on any atom is -0.379 e. The smallest absolute Gasteiger partial charge is 0.240 e. The zero-order valence-corrected chi connectivity index (χ0v) is 15.9. The quantitative estimate of drug-likeness (QED) is 0.816. The summed E-state index contributed by atoms with van der Waals surface area (Å²) in [5.74, 6) is 0.323. The van der Waals surface area contributed by atoms with E-state index >= 15 is 0 Å². The molecule has 0 radical (unpaired) electrons. The van der Waals surface area contributed by atoms with E-state index in [2.05, 4.69) is 45.9 Å². The van der Waals surface area contributed by atoms with Gasteiger partial charge in [-0.25, -0.2) is 0 Å². The van der Waals surface area contributed by atoms with Crippen molar-refractivity contribution in [2.45, 2.75) is 38.3 Å². The highest BCUT2D eigenvalue weighted by Crippen LogP contribution is 2.26.